The van der Waals surface area contributed by atoms with Gasteiger partial charge in [-0.2, -0.15) is 0 Å². The fourth-order valence-corrected chi connectivity index (χ4v) is 4.56. The number of oxazole rings is 1. The van der Waals surface area contributed by atoms with Crippen LogP contribution in [0, 0.1) is 5.92 Å². The molecule has 1 atom stereocenters. The van der Waals surface area contributed by atoms with E-state index >= 15 is 0 Å². The van der Waals surface area contributed by atoms with Gasteiger partial charge in [-0.15, -0.1) is 0 Å². The number of likely N-dealkylation sites (tertiary alicyclic amines) is 1. The molecule has 35 heavy (non-hydrogen) atoms. The summed E-state index contributed by atoms with van der Waals surface area (Å²) in [6, 6.07) is 17.9. The average molecular weight is 496 g/mol. The number of hydrogen-bond donors (Lipinski definition) is 0. The van der Waals surface area contributed by atoms with Crippen molar-refractivity contribution in [2.75, 3.05) is 19.7 Å². The minimum atomic E-state index is -0.293. The van der Waals surface area contributed by atoms with Crippen molar-refractivity contribution in [2.45, 2.75) is 39.4 Å². The minimum absolute atomic E-state index is 0.224. The van der Waals surface area contributed by atoms with Crippen LogP contribution in [0.25, 0.3) is 0 Å². The molecule has 1 amide bonds. The number of rotatable bonds is 9. The Morgan fingerprint density at radius 2 is 1.89 bits per heavy atom. The Labute approximate surface area is 210 Å². The summed E-state index contributed by atoms with van der Waals surface area (Å²) in [6.07, 6.45) is 2.89. The number of carbonyl (C=O) groups is 2. The van der Waals surface area contributed by atoms with Gasteiger partial charge >= 0.3 is 5.97 Å². The number of benzene rings is 2. The van der Waals surface area contributed by atoms with Gasteiger partial charge in [-0.25, -0.2) is 4.98 Å². The van der Waals surface area contributed by atoms with Crippen molar-refractivity contribution in [3.8, 4) is 0 Å². The van der Waals surface area contributed by atoms with Crippen molar-refractivity contribution in [1.29, 1.82) is 0 Å². The van der Waals surface area contributed by atoms with Gasteiger partial charge in [0, 0.05) is 31.2 Å². The smallest absolute Gasteiger partial charge is 0.310 e. The van der Waals surface area contributed by atoms with E-state index in [1.54, 1.807) is 11.8 Å². The summed E-state index contributed by atoms with van der Waals surface area (Å²) >= 11 is 6.19. The van der Waals surface area contributed by atoms with Gasteiger partial charge in [0.15, 0.2) is 5.69 Å². The fraction of sp³-hybridized carbons (Fsp3) is 0.370. The van der Waals surface area contributed by atoms with Gasteiger partial charge in [0.25, 0.3) is 5.91 Å². The predicted octanol–water partition coefficient (Wildman–Crippen LogP) is 4.95. The molecule has 0 bridgehead atoms. The highest BCUT2D eigenvalue weighted by Crippen LogP contribution is 2.21. The van der Waals surface area contributed by atoms with E-state index in [0.29, 0.717) is 50.2 Å². The lowest BCUT2D eigenvalue weighted by Crippen LogP contribution is -2.43. The first-order valence-electron chi connectivity index (χ1n) is 11.9. The summed E-state index contributed by atoms with van der Waals surface area (Å²) in [4.78, 5) is 33.6. The number of amides is 1. The van der Waals surface area contributed by atoms with Crippen molar-refractivity contribution in [2.24, 2.45) is 5.92 Å². The van der Waals surface area contributed by atoms with Gasteiger partial charge in [0.05, 0.1) is 19.1 Å². The van der Waals surface area contributed by atoms with Gasteiger partial charge in [-0.1, -0.05) is 54.1 Å². The highest BCUT2D eigenvalue weighted by atomic mass is 35.5. The Bertz CT molecular complexity index is 1130. The van der Waals surface area contributed by atoms with E-state index in [2.05, 4.69) is 22.0 Å². The molecule has 0 saturated carbocycles. The van der Waals surface area contributed by atoms with Crippen LogP contribution in [-0.4, -0.2) is 46.4 Å². The molecule has 2 heterocycles. The lowest BCUT2D eigenvalue weighted by atomic mass is 9.98. The van der Waals surface area contributed by atoms with Crippen molar-refractivity contribution >= 4 is 23.5 Å². The Balaban J connectivity index is 1.44. The molecule has 8 heteroatoms. The molecular formula is C27H30ClN3O4. The van der Waals surface area contributed by atoms with E-state index in [1.165, 1.54) is 6.26 Å². The van der Waals surface area contributed by atoms with Crippen LogP contribution in [0.2, 0.25) is 5.02 Å². The second kappa shape index (κ2) is 12.0. The largest absolute Gasteiger partial charge is 0.466 e. The summed E-state index contributed by atoms with van der Waals surface area (Å²) in [5, 5.41) is 0.689. The summed E-state index contributed by atoms with van der Waals surface area (Å²) in [6.45, 7) is 4.82. The van der Waals surface area contributed by atoms with Gasteiger partial charge in [-0.05, 0) is 43.0 Å². The van der Waals surface area contributed by atoms with E-state index in [-0.39, 0.29) is 23.5 Å². The van der Waals surface area contributed by atoms with E-state index in [9.17, 15) is 9.59 Å². The third-order valence-electron chi connectivity index (χ3n) is 6.00. The SMILES string of the molecule is CCOC(=O)C1CCCN(C(=O)c2coc(CN(Cc3ccccc3)Cc3cccc(Cl)c3)n2)C1. The maximum absolute atomic E-state index is 13.1. The number of aromatic nitrogens is 1. The van der Waals surface area contributed by atoms with Crippen LogP contribution in [0.4, 0.5) is 0 Å². The van der Waals surface area contributed by atoms with E-state index in [4.69, 9.17) is 20.8 Å². The average Bonchev–Trinajstić information content (AvgIpc) is 3.33. The number of nitrogens with zero attached hydrogens (tertiary/aromatic N) is 3. The monoisotopic (exact) mass is 495 g/mol. The van der Waals surface area contributed by atoms with Gasteiger partial charge < -0.3 is 14.1 Å². The second-order valence-corrected chi connectivity index (χ2v) is 9.17. The normalized spacial score (nSPS) is 15.9. The number of piperidine rings is 1. The van der Waals surface area contributed by atoms with Crippen LogP contribution in [0.5, 0.6) is 0 Å². The maximum atomic E-state index is 13.1. The summed E-state index contributed by atoms with van der Waals surface area (Å²) in [7, 11) is 0. The summed E-state index contributed by atoms with van der Waals surface area (Å²) < 4.78 is 10.8. The van der Waals surface area contributed by atoms with E-state index < -0.39 is 0 Å². The van der Waals surface area contributed by atoms with Crippen molar-refractivity contribution in [1.82, 2.24) is 14.8 Å². The van der Waals surface area contributed by atoms with Crippen LogP contribution in [0.15, 0.2) is 65.3 Å². The highest BCUT2D eigenvalue weighted by Gasteiger charge is 2.31. The molecule has 0 spiro atoms. The molecule has 1 fully saturated rings. The zero-order valence-corrected chi connectivity index (χ0v) is 20.6. The molecule has 1 aromatic heterocycles. The number of hydrogen-bond acceptors (Lipinski definition) is 6. The number of carbonyl (C=O) groups excluding carboxylic acids is 2. The second-order valence-electron chi connectivity index (χ2n) is 8.73. The molecule has 7 nitrogen and oxygen atoms in total. The first kappa shape index (κ1) is 24.9. The molecule has 1 aliphatic rings. The third kappa shape index (κ3) is 6.93. The molecule has 0 N–H and O–H groups in total. The predicted molar refractivity (Wildman–Crippen MR) is 133 cm³/mol. The van der Waals surface area contributed by atoms with Gasteiger partial charge in [0.2, 0.25) is 5.89 Å². The molecule has 1 unspecified atom stereocenters. The van der Waals surface area contributed by atoms with E-state index in [1.807, 2.05) is 42.5 Å². The fourth-order valence-electron chi connectivity index (χ4n) is 4.35. The maximum Gasteiger partial charge on any atom is 0.310 e. The molecule has 3 aromatic rings. The molecule has 184 valence electrons. The number of ether oxygens (including phenoxy) is 1. The lowest BCUT2D eigenvalue weighted by molar-refractivity contribution is -0.149. The number of halogens is 1. The molecule has 0 radical (unpaired) electrons. The van der Waals surface area contributed by atoms with Crippen molar-refractivity contribution in [3.63, 3.8) is 0 Å². The van der Waals surface area contributed by atoms with Crippen molar-refractivity contribution < 1.29 is 18.7 Å². The zero-order valence-electron chi connectivity index (χ0n) is 19.9. The third-order valence-corrected chi connectivity index (χ3v) is 6.24. The summed E-state index contributed by atoms with van der Waals surface area (Å²) in [5.74, 6) is -0.301. The Hall–Kier alpha value is -3.16. The Morgan fingerprint density at radius 1 is 1.11 bits per heavy atom. The first-order chi connectivity index (χ1) is 17.0. The Kier molecular flexibility index (Phi) is 8.55. The number of esters is 1. The van der Waals surface area contributed by atoms with Crippen LogP contribution < -0.4 is 0 Å². The van der Waals surface area contributed by atoms with Crippen LogP contribution in [0.1, 0.15) is 47.3 Å². The standard InChI is InChI=1S/C27H30ClN3O4/c1-2-34-27(33)22-11-7-13-31(17-22)26(32)24-19-35-25(29-24)18-30(15-20-8-4-3-5-9-20)16-21-10-6-12-23(28)14-21/h3-6,8-10,12,14,19,22H,2,7,11,13,15-18H2,1H3. The summed E-state index contributed by atoms with van der Waals surface area (Å²) in [5.41, 5.74) is 2.50. The topological polar surface area (TPSA) is 75.9 Å². The molecule has 1 saturated heterocycles. The van der Waals surface area contributed by atoms with Gasteiger partial charge in [-0.3, -0.25) is 14.5 Å². The first-order valence-corrected chi connectivity index (χ1v) is 12.3. The van der Waals surface area contributed by atoms with E-state index in [0.717, 1.165) is 24.0 Å². The molecule has 1 aliphatic heterocycles. The Morgan fingerprint density at radius 3 is 2.66 bits per heavy atom. The molecule has 2 aromatic carbocycles. The van der Waals surface area contributed by atoms with Crippen molar-refractivity contribution in [3.05, 3.63) is 88.6 Å². The molecule has 0 aliphatic carbocycles. The van der Waals surface area contributed by atoms with Crippen LogP contribution in [0.3, 0.4) is 0 Å². The highest BCUT2D eigenvalue weighted by molar-refractivity contribution is 6.30. The minimum Gasteiger partial charge on any atom is -0.466 e. The lowest BCUT2D eigenvalue weighted by Gasteiger charge is -2.30. The molecular weight excluding hydrogens is 466 g/mol. The quantitative estimate of drug-likeness (QED) is 0.391. The van der Waals surface area contributed by atoms with Crippen LogP contribution >= 0.6 is 11.6 Å². The van der Waals surface area contributed by atoms with Crippen LogP contribution in [-0.2, 0) is 29.2 Å². The zero-order chi connectivity index (χ0) is 24.6. The van der Waals surface area contributed by atoms with Gasteiger partial charge in [0.1, 0.15) is 6.26 Å². The molecule has 4 rings (SSSR count).